The molecule has 0 fully saturated rings. The minimum atomic E-state index is 0.408. The van der Waals surface area contributed by atoms with Crippen molar-refractivity contribution in [3.05, 3.63) is 99.4 Å². The van der Waals surface area contributed by atoms with Crippen molar-refractivity contribution in [3.63, 3.8) is 0 Å². The maximum absolute atomic E-state index is 9.57. The summed E-state index contributed by atoms with van der Waals surface area (Å²) in [5.41, 5.74) is 5.20. The van der Waals surface area contributed by atoms with Gasteiger partial charge in [0.05, 0.1) is 21.4 Å². The molecule has 0 bridgehead atoms. The molecule has 0 saturated heterocycles. The Labute approximate surface area is 188 Å². The van der Waals surface area contributed by atoms with Gasteiger partial charge in [-0.15, -0.1) is 11.3 Å². The van der Waals surface area contributed by atoms with Gasteiger partial charge in [-0.1, -0.05) is 83.9 Å². The van der Waals surface area contributed by atoms with Crippen LogP contribution in [0.2, 0.25) is 10.0 Å². The van der Waals surface area contributed by atoms with E-state index < -0.39 is 0 Å². The van der Waals surface area contributed by atoms with Crippen LogP contribution in [0.3, 0.4) is 0 Å². The van der Waals surface area contributed by atoms with E-state index in [1.54, 1.807) is 24.4 Å². The van der Waals surface area contributed by atoms with Gasteiger partial charge in [0.25, 0.3) is 0 Å². The Kier molecular flexibility index (Phi) is 6.15. The molecule has 3 aromatic carbocycles. The molecule has 0 amide bonds. The molecule has 6 heteroatoms. The Morgan fingerprint density at radius 1 is 0.900 bits per heavy atom. The fourth-order valence-corrected chi connectivity index (χ4v) is 4.05. The van der Waals surface area contributed by atoms with E-state index in [1.807, 2.05) is 35.7 Å². The smallest absolute Gasteiger partial charge is 0.136 e. The lowest BCUT2D eigenvalue weighted by Crippen LogP contribution is -1.92. The summed E-state index contributed by atoms with van der Waals surface area (Å²) >= 11 is 13.6. The number of aromatic nitrogens is 1. The van der Waals surface area contributed by atoms with Gasteiger partial charge in [0.1, 0.15) is 16.6 Å². The molecule has 0 atom stereocenters. The van der Waals surface area contributed by atoms with Gasteiger partial charge in [-0.3, -0.25) is 0 Å². The van der Waals surface area contributed by atoms with E-state index in [0.717, 1.165) is 16.8 Å². The van der Waals surface area contributed by atoms with Crippen LogP contribution in [-0.4, -0.2) is 4.98 Å². The summed E-state index contributed by atoms with van der Waals surface area (Å²) in [5, 5.41) is 16.1. The number of halogens is 2. The summed E-state index contributed by atoms with van der Waals surface area (Å²) in [6.45, 7) is 0. The van der Waals surface area contributed by atoms with Crippen molar-refractivity contribution in [1.82, 2.24) is 4.98 Å². The van der Waals surface area contributed by atoms with Crippen molar-refractivity contribution in [2.24, 2.45) is 0 Å². The second-order valence-electron chi connectivity index (χ2n) is 6.40. The zero-order chi connectivity index (χ0) is 20.9. The third-order valence-corrected chi connectivity index (χ3v) is 6.16. The quantitative estimate of drug-likeness (QED) is 0.318. The highest BCUT2D eigenvalue weighted by molar-refractivity contribution is 7.11. The molecule has 4 aromatic rings. The summed E-state index contributed by atoms with van der Waals surface area (Å²) in [4.78, 5) is 4.64. The van der Waals surface area contributed by atoms with Crippen LogP contribution in [0.1, 0.15) is 5.01 Å². The van der Waals surface area contributed by atoms with Crippen LogP contribution in [0, 0.1) is 11.3 Å². The highest BCUT2D eigenvalue weighted by Crippen LogP contribution is 2.31. The lowest BCUT2D eigenvalue weighted by atomic mass is 10.0. The standard InChI is InChI=1S/C24H15Cl2N3S/c25-20-7-4-8-21(23(20)26)28-14-19(13-27)24-29-22(15-30-24)18-11-9-17(10-12-18)16-5-2-1-3-6-16/h1-12,14-15,28H/b19-14-. The molecule has 0 unspecified atom stereocenters. The number of nitrogens with one attached hydrogen (secondary N) is 1. The monoisotopic (exact) mass is 447 g/mol. The van der Waals surface area contributed by atoms with Gasteiger partial charge >= 0.3 is 0 Å². The van der Waals surface area contributed by atoms with Gasteiger partial charge in [-0.05, 0) is 23.3 Å². The third kappa shape index (κ3) is 4.39. The molecular formula is C24H15Cl2N3S. The number of anilines is 1. The summed E-state index contributed by atoms with van der Waals surface area (Å²) in [7, 11) is 0. The molecule has 1 aromatic heterocycles. The lowest BCUT2D eigenvalue weighted by Gasteiger charge is -2.05. The highest BCUT2D eigenvalue weighted by Gasteiger charge is 2.10. The molecule has 0 aliphatic rings. The maximum atomic E-state index is 9.57. The van der Waals surface area contributed by atoms with Crippen molar-refractivity contribution >= 4 is 45.8 Å². The number of thiazole rings is 1. The van der Waals surface area contributed by atoms with Crippen LogP contribution < -0.4 is 5.32 Å². The van der Waals surface area contributed by atoms with Crippen LogP contribution >= 0.6 is 34.5 Å². The number of hydrogen-bond acceptors (Lipinski definition) is 4. The molecule has 0 radical (unpaired) electrons. The Hall–Kier alpha value is -3.10. The second kappa shape index (κ2) is 9.15. The fraction of sp³-hybridized carbons (Fsp3) is 0. The molecule has 1 heterocycles. The molecule has 0 aliphatic heterocycles. The zero-order valence-electron chi connectivity index (χ0n) is 15.6. The second-order valence-corrected chi connectivity index (χ2v) is 8.04. The van der Waals surface area contributed by atoms with Crippen molar-refractivity contribution in [2.75, 3.05) is 5.32 Å². The van der Waals surface area contributed by atoms with Crippen molar-refractivity contribution < 1.29 is 0 Å². The van der Waals surface area contributed by atoms with Gasteiger partial charge in [0.15, 0.2) is 0 Å². The number of rotatable bonds is 5. The molecule has 1 N–H and O–H groups in total. The van der Waals surface area contributed by atoms with Gasteiger partial charge < -0.3 is 5.32 Å². The zero-order valence-corrected chi connectivity index (χ0v) is 18.0. The Morgan fingerprint density at radius 2 is 1.60 bits per heavy atom. The minimum absolute atomic E-state index is 0.408. The van der Waals surface area contributed by atoms with Crippen molar-refractivity contribution in [3.8, 4) is 28.5 Å². The van der Waals surface area contributed by atoms with Gasteiger partial charge in [0.2, 0.25) is 0 Å². The van der Waals surface area contributed by atoms with E-state index in [9.17, 15) is 5.26 Å². The molecular weight excluding hydrogens is 433 g/mol. The average molecular weight is 448 g/mol. The summed E-state index contributed by atoms with van der Waals surface area (Å²) in [6.07, 6.45) is 1.60. The van der Waals surface area contributed by atoms with Crippen LogP contribution in [0.25, 0.3) is 28.0 Å². The summed E-state index contributed by atoms with van der Waals surface area (Å²) < 4.78 is 0. The highest BCUT2D eigenvalue weighted by atomic mass is 35.5. The molecule has 146 valence electrons. The third-order valence-electron chi connectivity index (χ3n) is 4.47. The van der Waals surface area contributed by atoms with Gasteiger partial charge in [-0.25, -0.2) is 4.98 Å². The predicted octanol–water partition coefficient (Wildman–Crippen LogP) is 7.76. The van der Waals surface area contributed by atoms with Gasteiger partial charge in [-0.2, -0.15) is 5.26 Å². The number of hydrogen-bond donors (Lipinski definition) is 1. The largest absolute Gasteiger partial charge is 0.359 e. The maximum Gasteiger partial charge on any atom is 0.136 e. The molecule has 0 aliphatic carbocycles. The first-order valence-electron chi connectivity index (χ1n) is 9.08. The van der Waals surface area contributed by atoms with E-state index in [0.29, 0.717) is 26.3 Å². The number of nitrogens with zero attached hydrogens (tertiary/aromatic N) is 2. The van der Waals surface area contributed by atoms with E-state index in [2.05, 4.69) is 40.6 Å². The number of benzene rings is 3. The fourth-order valence-electron chi connectivity index (χ4n) is 2.90. The molecule has 3 nitrogen and oxygen atoms in total. The van der Waals surface area contributed by atoms with Crippen LogP contribution in [-0.2, 0) is 0 Å². The van der Waals surface area contributed by atoms with Crippen molar-refractivity contribution in [2.45, 2.75) is 0 Å². The number of nitriles is 1. The first-order chi connectivity index (χ1) is 14.7. The Balaban J connectivity index is 1.55. The van der Waals surface area contributed by atoms with Crippen LogP contribution in [0.4, 0.5) is 5.69 Å². The van der Waals surface area contributed by atoms with Crippen molar-refractivity contribution in [1.29, 1.82) is 5.26 Å². The topological polar surface area (TPSA) is 48.7 Å². The molecule has 30 heavy (non-hydrogen) atoms. The first kappa shape index (κ1) is 20.2. The van der Waals surface area contributed by atoms with Gasteiger partial charge in [0, 0.05) is 17.1 Å². The molecule has 4 rings (SSSR count). The number of allylic oxidation sites excluding steroid dienone is 1. The van der Waals surface area contributed by atoms with Crippen LogP contribution in [0.5, 0.6) is 0 Å². The SMILES string of the molecule is N#C/C(=C/Nc1cccc(Cl)c1Cl)c1nc(-c2ccc(-c3ccccc3)cc2)cs1. The summed E-state index contributed by atoms with van der Waals surface area (Å²) in [5.74, 6) is 0. The molecule has 0 saturated carbocycles. The van der Waals surface area contributed by atoms with E-state index in [-0.39, 0.29) is 0 Å². The Morgan fingerprint density at radius 3 is 2.33 bits per heavy atom. The Bertz CT molecular complexity index is 1240. The molecule has 0 spiro atoms. The predicted molar refractivity (Wildman–Crippen MR) is 127 cm³/mol. The normalized spacial score (nSPS) is 11.2. The van der Waals surface area contributed by atoms with E-state index in [1.165, 1.54) is 16.9 Å². The van der Waals surface area contributed by atoms with Crippen LogP contribution in [0.15, 0.2) is 84.4 Å². The first-order valence-corrected chi connectivity index (χ1v) is 10.7. The average Bonchev–Trinajstić information content (AvgIpc) is 3.28. The van der Waals surface area contributed by atoms with E-state index >= 15 is 0 Å². The summed E-state index contributed by atoms with van der Waals surface area (Å²) in [6, 6.07) is 25.9. The van der Waals surface area contributed by atoms with E-state index in [4.69, 9.17) is 23.2 Å². The lowest BCUT2D eigenvalue weighted by molar-refractivity contribution is 1.36. The minimum Gasteiger partial charge on any atom is -0.359 e.